The Balaban J connectivity index is 1.53. The van der Waals surface area contributed by atoms with Crippen LogP contribution in [0.5, 0.6) is 5.75 Å². The van der Waals surface area contributed by atoms with Gasteiger partial charge in [0.25, 0.3) is 11.5 Å². The van der Waals surface area contributed by atoms with Gasteiger partial charge < -0.3 is 15.0 Å². The van der Waals surface area contributed by atoms with E-state index in [-0.39, 0.29) is 11.5 Å². The molecule has 5 rings (SSSR count). The first-order valence-electron chi connectivity index (χ1n) is 11.4. The monoisotopic (exact) mass is 454 g/mol. The molecule has 3 aromatic carbocycles. The molecule has 34 heavy (non-hydrogen) atoms. The fraction of sp³-hybridized carbons (Fsp3) is 0.222. The number of ether oxygens (including phenoxy) is 1. The number of carbonyl (C=O) groups is 1. The highest BCUT2D eigenvalue weighted by Crippen LogP contribution is 2.22. The Morgan fingerprint density at radius 3 is 2.56 bits per heavy atom. The Bertz CT molecular complexity index is 1390. The van der Waals surface area contributed by atoms with Crippen molar-refractivity contribution < 1.29 is 9.53 Å². The van der Waals surface area contributed by atoms with Crippen LogP contribution in [0.15, 0.2) is 77.6 Å². The number of carbonyl (C=O) groups excluding carboxylic acids is 1. The Hall–Kier alpha value is -4.13. The fourth-order valence-corrected chi connectivity index (χ4v) is 4.32. The van der Waals surface area contributed by atoms with E-state index in [2.05, 4.69) is 10.2 Å². The van der Waals surface area contributed by atoms with Gasteiger partial charge in [-0.1, -0.05) is 36.4 Å². The third-order valence-electron chi connectivity index (χ3n) is 6.10. The summed E-state index contributed by atoms with van der Waals surface area (Å²) in [6.07, 6.45) is 2.14. The van der Waals surface area contributed by atoms with Crippen LogP contribution in [-0.2, 0) is 6.54 Å². The van der Waals surface area contributed by atoms with Crippen molar-refractivity contribution in [3.63, 3.8) is 0 Å². The number of amides is 1. The number of fused-ring (bicyclic) bond motifs is 1. The smallest absolute Gasteiger partial charge is 0.263 e. The second kappa shape index (κ2) is 9.39. The molecular formula is C27H26N4O3. The zero-order valence-corrected chi connectivity index (χ0v) is 19.0. The molecule has 1 aromatic heterocycles. The fourth-order valence-electron chi connectivity index (χ4n) is 4.32. The van der Waals surface area contributed by atoms with E-state index in [0.717, 1.165) is 31.5 Å². The minimum Gasteiger partial charge on any atom is -0.497 e. The van der Waals surface area contributed by atoms with Crippen LogP contribution in [0.4, 0.5) is 11.6 Å². The molecule has 0 atom stereocenters. The molecule has 7 heteroatoms. The second-order valence-corrected chi connectivity index (χ2v) is 8.40. The van der Waals surface area contributed by atoms with E-state index in [9.17, 15) is 9.59 Å². The Kier molecular flexibility index (Phi) is 5.99. The summed E-state index contributed by atoms with van der Waals surface area (Å²) < 4.78 is 6.97. The molecule has 172 valence electrons. The lowest BCUT2D eigenvalue weighted by molar-refractivity contribution is 0.102. The predicted octanol–water partition coefficient (Wildman–Crippen LogP) is 4.31. The summed E-state index contributed by atoms with van der Waals surface area (Å²) in [5.41, 5.74) is 2.54. The predicted molar refractivity (Wildman–Crippen MR) is 134 cm³/mol. The maximum atomic E-state index is 13.5. The standard InChI is InChI=1S/C27H26N4O3/c1-34-22-11-7-10-21(17-22)28-25(32)20-12-13-23-24(16-20)29-27(30-14-5-6-15-30)31(26(23)33)18-19-8-3-2-4-9-19/h2-4,7-13,16-17H,5-6,14-15,18H2,1H3,(H,28,32). The first kappa shape index (κ1) is 21.7. The summed E-state index contributed by atoms with van der Waals surface area (Å²) in [5.74, 6) is 1.05. The van der Waals surface area contributed by atoms with Gasteiger partial charge in [-0.3, -0.25) is 14.2 Å². The number of hydrogen-bond donors (Lipinski definition) is 1. The van der Waals surface area contributed by atoms with Gasteiger partial charge in [0.15, 0.2) is 0 Å². The quantitative estimate of drug-likeness (QED) is 0.470. The summed E-state index contributed by atoms with van der Waals surface area (Å²) in [6, 6.07) is 22.2. The molecule has 1 aliphatic heterocycles. The highest BCUT2D eigenvalue weighted by molar-refractivity contribution is 6.06. The Morgan fingerprint density at radius 1 is 1.00 bits per heavy atom. The average molecular weight is 455 g/mol. The van der Waals surface area contributed by atoms with Crippen LogP contribution in [0.3, 0.4) is 0 Å². The molecule has 4 aromatic rings. The topological polar surface area (TPSA) is 76.5 Å². The number of aromatic nitrogens is 2. The normalized spacial score (nSPS) is 13.3. The van der Waals surface area contributed by atoms with Crippen molar-refractivity contribution in [1.82, 2.24) is 9.55 Å². The lowest BCUT2D eigenvalue weighted by atomic mass is 10.1. The number of anilines is 2. The molecule has 1 N–H and O–H groups in total. The Labute approximate surface area is 197 Å². The number of benzene rings is 3. The van der Waals surface area contributed by atoms with Crippen molar-refractivity contribution in [3.8, 4) is 5.75 Å². The zero-order chi connectivity index (χ0) is 23.5. The lowest BCUT2D eigenvalue weighted by Gasteiger charge is -2.22. The average Bonchev–Trinajstić information content (AvgIpc) is 3.41. The molecule has 0 spiro atoms. The van der Waals surface area contributed by atoms with Gasteiger partial charge in [0.2, 0.25) is 5.95 Å². The van der Waals surface area contributed by atoms with Crippen LogP contribution in [0, 0.1) is 0 Å². The minimum absolute atomic E-state index is 0.101. The summed E-state index contributed by atoms with van der Waals surface area (Å²) in [7, 11) is 1.58. The SMILES string of the molecule is COc1cccc(NC(=O)c2ccc3c(=O)n(Cc4ccccc4)c(N4CCCC4)nc3c2)c1. The number of rotatable bonds is 6. The molecule has 0 saturated carbocycles. The van der Waals surface area contributed by atoms with Gasteiger partial charge in [0.05, 0.1) is 24.6 Å². The van der Waals surface area contributed by atoms with Crippen LogP contribution < -0.4 is 20.5 Å². The first-order valence-corrected chi connectivity index (χ1v) is 11.4. The van der Waals surface area contributed by atoms with Crippen LogP contribution in [0.2, 0.25) is 0 Å². The molecule has 0 radical (unpaired) electrons. The van der Waals surface area contributed by atoms with Gasteiger partial charge in [-0.05, 0) is 48.7 Å². The van der Waals surface area contributed by atoms with Crippen molar-refractivity contribution in [2.24, 2.45) is 0 Å². The summed E-state index contributed by atoms with van der Waals surface area (Å²) in [5, 5.41) is 3.38. The number of nitrogens with zero attached hydrogens (tertiary/aromatic N) is 3. The van der Waals surface area contributed by atoms with E-state index in [1.165, 1.54) is 0 Å². The third-order valence-corrected chi connectivity index (χ3v) is 6.10. The molecule has 0 unspecified atom stereocenters. The van der Waals surface area contributed by atoms with E-state index in [0.29, 0.717) is 40.4 Å². The molecule has 1 saturated heterocycles. The van der Waals surface area contributed by atoms with E-state index in [1.54, 1.807) is 42.0 Å². The molecule has 0 bridgehead atoms. The molecule has 1 aliphatic rings. The van der Waals surface area contributed by atoms with Crippen LogP contribution in [0.1, 0.15) is 28.8 Å². The van der Waals surface area contributed by atoms with Crippen molar-refractivity contribution in [2.75, 3.05) is 30.4 Å². The number of methoxy groups -OCH3 is 1. The van der Waals surface area contributed by atoms with Crippen molar-refractivity contribution in [2.45, 2.75) is 19.4 Å². The largest absolute Gasteiger partial charge is 0.497 e. The van der Waals surface area contributed by atoms with E-state index in [4.69, 9.17) is 9.72 Å². The number of hydrogen-bond acceptors (Lipinski definition) is 5. The van der Waals surface area contributed by atoms with Gasteiger partial charge in [0, 0.05) is 30.4 Å². The zero-order valence-electron chi connectivity index (χ0n) is 19.0. The lowest BCUT2D eigenvalue weighted by Crippen LogP contribution is -2.31. The van der Waals surface area contributed by atoms with Crippen LogP contribution in [0.25, 0.3) is 10.9 Å². The van der Waals surface area contributed by atoms with Gasteiger partial charge in [-0.15, -0.1) is 0 Å². The molecule has 7 nitrogen and oxygen atoms in total. The maximum absolute atomic E-state index is 13.5. The van der Waals surface area contributed by atoms with E-state index >= 15 is 0 Å². The summed E-state index contributed by atoms with van der Waals surface area (Å²) in [4.78, 5) is 33.5. The molecule has 1 amide bonds. The van der Waals surface area contributed by atoms with E-state index < -0.39 is 0 Å². The van der Waals surface area contributed by atoms with Gasteiger partial charge in [-0.25, -0.2) is 4.98 Å². The minimum atomic E-state index is -0.270. The van der Waals surface area contributed by atoms with Crippen LogP contribution in [-0.4, -0.2) is 35.7 Å². The first-order chi connectivity index (χ1) is 16.6. The maximum Gasteiger partial charge on any atom is 0.263 e. The second-order valence-electron chi connectivity index (χ2n) is 8.40. The number of nitrogens with one attached hydrogen (secondary N) is 1. The van der Waals surface area contributed by atoms with Crippen molar-refractivity contribution in [1.29, 1.82) is 0 Å². The highest BCUT2D eigenvalue weighted by atomic mass is 16.5. The molecular weight excluding hydrogens is 428 g/mol. The van der Waals surface area contributed by atoms with Gasteiger partial charge in [0.1, 0.15) is 5.75 Å². The van der Waals surface area contributed by atoms with E-state index in [1.807, 2.05) is 42.5 Å². The Morgan fingerprint density at radius 2 is 1.79 bits per heavy atom. The van der Waals surface area contributed by atoms with Crippen molar-refractivity contribution >= 4 is 28.4 Å². The van der Waals surface area contributed by atoms with Crippen LogP contribution >= 0.6 is 0 Å². The van der Waals surface area contributed by atoms with Gasteiger partial charge in [-0.2, -0.15) is 0 Å². The van der Waals surface area contributed by atoms with Crippen molar-refractivity contribution in [3.05, 3.63) is 94.3 Å². The third kappa shape index (κ3) is 4.37. The molecule has 0 aliphatic carbocycles. The molecule has 1 fully saturated rings. The highest BCUT2D eigenvalue weighted by Gasteiger charge is 2.21. The molecule has 2 heterocycles. The van der Waals surface area contributed by atoms with Gasteiger partial charge >= 0.3 is 0 Å². The summed E-state index contributed by atoms with van der Waals surface area (Å²) >= 11 is 0. The summed E-state index contributed by atoms with van der Waals surface area (Å²) in [6.45, 7) is 2.18.